The predicted molar refractivity (Wildman–Crippen MR) is 456 cm³/mol. The van der Waals surface area contributed by atoms with E-state index in [1.807, 2.05) is 175 Å². The maximum atomic E-state index is 12.6. The number of benzene rings is 4. The number of halogens is 1. The summed E-state index contributed by atoms with van der Waals surface area (Å²) in [7, 11) is -10.5. The van der Waals surface area contributed by atoms with Gasteiger partial charge in [0.25, 0.3) is 30.6 Å². The molecule has 0 bridgehead atoms. The number of thiazole rings is 4. The molecule has 3 fully saturated rings. The van der Waals surface area contributed by atoms with Gasteiger partial charge in [-0.2, -0.15) is 92.1 Å². The summed E-state index contributed by atoms with van der Waals surface area (Å²) >= 11 is 9.08. The van der Waals surface area contributed by atoms with Crippen molar-refractivity contribution < 1.29 is 73.1 Å². The number of rotatable bonds is 18. The Kier molecular flexibility index (Phi) is 38.6. The third-order valence-corrected chi connectivity index (χ3v) is 24.3. The lowest BCUT2D eigenvalue weighted by Crippen LogP contribution is -2.50. The number of hydrogen-bond acceptors (Lipinski definition) is 30. The minimum atomic E-state index is -3.62. The maximum absolute atomic E-state index is 12.6. The molecule has 640 valence electrons. The van der Waals surface area contributed by atoms with Crippen molar-refractivity contribution in [3.63, 3.8) is 0 Å². The molecule has 0 spiro atoms. The van der Waals surface area contributed by atoms with E-state index in [1.54, 1.807) is 33.3 Å². The minimum Gasteiger partial charge on any atom is -0.455 e. The van der Waals surface area contributed by atoms with E-state index in [1.165, 1.54) is 64.5 Å². The van der Waals surface area contributed by atoms with E-state index >= 15 is 0 Å². The van der Waals surface area contributed by atoms with E-state index in [4.69, 9.17) is 48.9 Å². The average Bonchev–Trinajstić information content (AvgIpc) is 1.65. The zero-order chi connectivity index (χ0) is 88.2. The van der Waals surface area contributed by atoms with Gasteiger partial charge in [0.2, 0.25) is 15.4 Å². The van der Waals surface area contributed by atoms with Crippen molar-refractivity contribution in [3.8, 4) is 60.4 Å². The van der Waals surface area contributed by atoms with Crippen LogP contribution in [0.5, 0.6) is 0 Å². The Hall–Kier alpha value is -10.8. The molecule has 3 aliphatic heterocycles. The first kappa shape index (κ1) is 97.3. The molecule has 0 saturated carbocycles. The Balaban J connectivity index is 0.000000202. The van der Waals surface area contributed by atoms with Crippen LogP contribution >= 0.6 is 61.3 Å². The topological polar surface area (TPSA) is 488 Å². The smallest absolute Gasteiger partial charge is 0.373 e. The van der Waals surface area contributed by atoms with E-state index < -0.39 is 36.2 Å². The molecule has 4 aromatic carbocycles. The molecule has 8 aromatic heterocycles. The number of aromatic nitrogens is 12. The molecule has 0 radical (unpaired) electrons. The molecule has 0 unspecified atom stereocenters. The summed E-state index contributed by atoms with van der Waals surface area (Å²) in [5, 5.41) is 43.7. The third-order valence-electron chi connectivity index (χ3n) is 16.8. The average molecular weight is 1850 g/mol. The highest BCUT2D eigenvalue weighted by atomic mass is 79.9. The van der Waals surface area contributed by atoms with E-state index in [2.05, 4.69) is 92.0 Å². The number of carbonyl (C=O) groups excluding carboxylic acids is 9. The molecular weight excluding hydrogens is 1770 g/mol. The molecule has 12 aromatic rings. The zero-order valence-corrected chi connectivity index (χ0v) is 73.5. The van der Waals surface area contributed by atoms with Crippen LogP contribution in [0.1, 0.15) is 109 Å². The van der Waals surface area contributed by atoms with E-state index in [0.29, 0.717) is 98.4 Å². The van der Waals surface area contributed by atoms with Crippen LogP contribution in [0.15, 0.2) is 184 Å². The molecular formula is C77H87BrN20O16S7. The number of piperidine rings is 1. The van der Waals surface area contributed by atoms with Crippen LogP contribution in [0.2, 0.25) is 0 Å². The van der Waals surface area contributed by atoms with Gasteiger partial charge in [-0.15, -0.1) is 45.3 Å². The van der Waals surface area contributed by atoms with Crippen LogP contribution in [0.3, 0.4) is 0 Å². The Labute approximate surface area is 722 Å². The highest BCUT2D eigenvalue weighted by Gasteiger charge is 2.28. The molecule has 44 heteroatoms. The molecule has 0 atom stereocenters. The number of nitrogens with two attached hydrogens (primary N) is 2. The number of nitrogens with one attached hydrogen (secondary N) is 3. The van der Waals surface area contributed by atoms with Gasteiger partial charge in [0.05, 0.1) is 40.1 Å². The number of carbonyl (C=O) groups is 3. The molecule has 15 rings (SSSR count). The van der Waals surface area contributed by atoms with Gasteiger partial charge >= 0.3 is 24.4 Å². The first-order valence-corrected chi connectivity index (χ1v) is 45.3. The van der Waals surface area contributed by atoms with Gasteiger partial charge in [0.15, 0.2) is 22.2 Å². The number of aldehydes is 2. The van der Waals surface area contributed by atoms with Crippen molar-refractivity contribution in [3.05, 3.63) is 218 Å². The summed E-state index contributed by atoms with van der Waals surface area (Å²) in [5.41, 5.74) is 11.0. The summed E-state index contributed by atoms with van der Waals surface area (Å²) < 4.78 is 87.4. The van der Waals surface area contributed by atoms with Crippen molar-refractivity contribution >= 4 is 129 Å². The molecule has 11 heterocycles. The van der Waals surface area contributed by atoms with Crippen LogP contribution in [0.4, 0.5) is 0 Å². The number of piperazine rings is 2. The summed E-state index contributed by atoms with van der Waals surface area (Å²) in [6.07, 6.45) is 16.0. The van der Waals surface area contributed by atoms with Crippen LogP contribution in [0.25, 0.3) is 60.4 Å². The van der Waals surface area contributed by atoms with Gasteiger partial charge < -0.3 is 10.1 Å². The second-order valence-electron chi connectivity index (χ2n) is 27.5. The van der Waals surface area contributed by atoms with Crippen molar-refractivity contribution in [1.29, 1.82) is 0 Å². The van der Waals surface area contributed by atoms with Crippen molar-refractivity contribution in [1.82, 2.24) is 87.3 Å². The van der Waals surface area contributed by atoms with Crippen molar-refractivity contribution in [2.24, 2.45) is 10.3 Å². The monoisotopic (exact) mass is 1850 g/mol. The molecule has 36 nitrogen and oxygen atoms in total. The Bertz CT molecular complexity index is 5620. The molecule has 0 aliphatic carbocycles. The van der Waals surface area contributed by atoms with Crippen molar-refractivity contribution in [2.45, 2.75) is 84.9 Å². The molecule has 121 heavy (non-hydrogen) atoms. The van der Waals surface area contributed by atoms with Gasteiger partial charge in [-0.25, -0.2) is 49.1 Å². The second kappa shape index (κ2) is 48.0. The van der Waals surface area contributed by atoms with E-state index in [-0.39, 0.29) is 36.4 Å². The molecule has 3 saturated heterocycles. The summed E-state index contributed by atoms with van der Waals surface area (Å²) in [4.78, 5) is 101. The van der Waals surface area contributed by atoms with Gasteiger partial charge in [-0.05, 0) is 49.5 Å². The first-order chi connectivity index (χ1) is 57.8. The standard InChI is InChI=1S/2C17H20N6O2S2.C17H17N3OS.C10H8N2O.C8H10BrNO2S.C5H12N2O2S.3CO2/c18-27(24,25)22-9-7-21(8-10-22)12-15-13-23(17-19-6-11-26-17)20-16(15)14-4-2-1-3-5-14;24-27(25,22-9-6-18-7-10-22)20-12-15-13-23(17-19-8-11-26-17)21-16(15)14-4-2-1-3-5-14;1-17(2,3)14-11-22-16(18-14)20-9-13(10-21)15(19-20)12-7-5-4-6-8-12;13-7-9-6-11-12-10(9)8-4-2-1-3-5-8;1-8(2,3)12-6(11)5-4-13-7(9)10-5;6-10(8,9)7-4-2-1-3-5-7;3*2-1-3/h1-6,11,13H,7-10,12H2,(H2,18,24,25);1-5,8,11,13,18,20H,6-7,9-10,12H2;4-11H,1-3H3;1-7H,(H,11,12);4H,1-3H3;1-5H2,(H2,6,8,9);;;. The van der Waals surface area contributed by atoms with Gasteiger partial charge in [0.1, 0.15) is 11.3 Å². The Morgan fingerprint density at radius 1 is 0.545 bits per heavy atom. The van der Waals surface area contributed by atoms with E-state index in [9.17, 15) is 39.6 Å². The fourth-order valence-corrected chi connectivity index (χ4v) is 17.0. The summed E-state index contributed by atoms with van der Waals surface area (Å²) in [6, 6.07) is 39.1. The van der Waals surface area contributed by atoms with Gasteiger partial charge in [-0.1, -0.05) is 149 Å². The lowest BCUT2D eigenvalue weighted by atomic mass is 9.93. The Morgan fingerprint density at radius 2 is 1.00 bits per heavy atom. The van der Waals surface area contributed by atoms with E-state index in [0.717, 1.165) is 103 Å². The number of nitrogens with zero attached hydrogens (tertiary/aromatic N) is 15. The molecule has 3 aliphatic rings. The number of ether oxygens (including phenoxy) is 1. The number of hydrogen-bond donors (Lipinski definition) is 5. The quantitative estimate of drug-likeness (QED) is 0.0394. The highest BCUT2D eigenvalue weighted by Crippen LogP contribution is 2.31. The third kappa shape index (κ3) is 31.3. The number of H-pyrrole nitrogens is 1. The predicted octanol–water partition coefficient (Wildman–Crippen LogP) is 9.33. The first-order valence-electron chi connectivity index (χ1n) is 36.5. The van der Waals surface area contributed by atoms with Crippen LogP contribution in [-0.2, 0) is 82.6 Å². The number of aromatic amines is 1. The van der Waals surface area contributed by atoms with Gasteiger partial charge in [-0.3, -0.25) is 19.6 Å². The lowest BCUT2D eigenvalue weighted by molar-refractivity contribution is -0.193. The van der Waals surface area contributed by atoms with Crippen molar-refractivity contribution in [2.75, 3.05) is 65.4 Å². The lowest BCUT2D eigenvalue weighted by Gasteiger charge is -2.32. The largest absolute Gasteiger partial charge is 0.455 e. The molecule has 0 amide bonds. The summed E-state index contributed by atoms with van der Waals surface area (Å²) in [6.45, 7) is 18.2. The second-order valence-corrected chi connectivity index (χ2v) is 37.1. The van der Waals surface area contributed by atoms with Crippen LogP contribution in [-0.4, -0.2) is 211 Å². The summed E-state index contributed by atoms with van der Waals surface area (Å²) in [5.74, 6) is -0.380. The maximum Gasteiger partial charge on any atom is 0.373 e. The normalized spacial score (nSPS) is 13.7. The highest BCUT2D eigenvalue weighted by molar-refractivity contribution is 9.11. The van der Waals surface area contributed by atoms with Gasteiger partial charge in [0, 0.05) is 170 Å². The zero-order valence-electron chi connectivity index (χ0n) is 66.2. The Morgan fingerprint density at radius 3 is 1.43 bits per heavy atom. The number of esters is 1. The molecule has 7 N–H and O–H groups in total. The fraction of sp³-hybridized carbons (Fsp3) is 0.299. The fourth-order valence-electron chi connectivity index (χ4n) is 11.2. The van der Waals surface area contributed by atoms with Crippen LogP contribution < -0.4 is 20.3 Å². The van der Waals surface area contributed by atoms with Crippen LogP contribution in [0, 0.1) is 0 Å². The minimum absolute atomic E-state index is 0.00233. The SMILES string of the molecule is CC(C)(C)OC(=O)c1csc(Br)n1.CC(C)(C)c1csc(-n2cc(C=O)c(-c3ccccc3)n2)n1.NS(=O)(=O)N1CCCCC1.NS(=O)(=O)N1CCN(Cc2cn(-c3nccs3)nc2-c2ccccc2)CC1.O=C=O.O=C=O.O=C=O.O=Cc1cn[nH]c1-c1ccccc1.O=S(=O)(NCc1cn(-c2nccs2)nc1-c1ccccc1)N1CCNCC1.